The fraction of sp³-hybridized carbons (Fsp3) is 0.556. The summed E-state index contributed by atoms with van der Waals surface area (Å²) in [7, 11) is 0. The summed E-state index contributed by atoms with van der Waals surface area (Å²) in [5, 5.41) is 10.6. The number of aliphatic carboxylic acids is 1. The number of urea groups is 1. The highest BCUT2D eigenvalue weighted by Crippen LogP contribution is 1.98. The Morgan fingerprint density at radius 2 is 2.14 bits per heavy atom. The highest BCUT2D eigenvalue weighted by Gasteiger charge is 2.15. The third-order valence-electron chi connectivity index (χ3n) is 1.60. The van der Waals surface area contributed by atoms with Gasteiger partial charge in [0.1, 0.15) is 6.54 Å². The van der Waals surface area contributed by atoms with Gasteiger partial charge in [0, 0.05) is 12.6 Å². The normalized spacial score (nSPS) is 9.64. The first-order valence-electron chi connectivity index (χ1n) is 4.36. The van der Waals surface area contributed by atoms with E-state index in [0.717, 1.165) is 0 Å². The van der Waals surface area contributed by atoms with Gasteiger partial charge in [-0.25, -0.2) is 4.79 Å². The van der Waals surface area contributed by atoms with Crippen molar-refractivity contribution < 1.29 is 14.7 Å². The second kappa shape index (κ2) is 6.01. The van der Waals surface area contributed by atoms with E-state index in [1.165, 1.54) is 4.90 Å². The van der Waals surface area contributed by atoms with Gasteiger partial charge in [-0.2, -0.15) is 0 Å². The maximum atomic E-state index is 11.4. The van der Waals surface area contributed by atoms with Gasteiger partial charge in [-0.15, -0.1) is 6.58 Å². The van der Waals surface area contributed by atoms with Crippen molar-refractivity contribution in [2.75, 3.05) is 13.1 Å². The van der Waals surface area contributed by atoms with Gasteiger partial charge >= 0.3 is 12.0 Å². The molecule has 0 aromatic carbocycles. The van der Waals surface area contributed by atoms with E-state index in [-0.39, 0.29) is 18.6 Å². The van der Waals surface area contributed by atoms with Crippen LogP contribution in [0.4, 0.5) is 4.79 Å². The number of carbonyl (C=O) groups is 2. The fourth-order valence-electron chi connectivity index (χ4n) is 0.920. The minimum atomic E-state index is -1.05. The van der Waals surface area contributed by atoms with Crippen molar-refractivity contribution in [3.8, 4) is 0 Å². The number of hydrogen-bond donors (Lipinski definition) is 2. The minimum Gasteiger partial charge on any atom is -0.480 e. The fourth-order valence-corrected chi connectivity index (χ4v) is 0.920. The first-order chi connectivity index (χ1) is 6.49. The molecule has 0 fully saturated rings. The number of carbonyl (C=O) groups excluding carboxylic acids is 1. The van der Waals surface area contributed by atoms with Crippen LogP contribution in [0.3, 0.4) is 0 Å². The summed E-state index contributed by atoms with van der Waals surface area (Å²) in [6.07, 6.45) is 1.60. The van der Waals surface area contributed by atoms with E-state index in [1.54, 1.807) is 6.08 Å². The molecule has 0 unspecified atom stereocenters. The van der Waals surface area contributed by atoms with Gasteiger partial charge in [-0.1, -0.05) is 6.08 Å². The molecule has 0 rings (SSSR count). The van der Waals surface area contributed by atoms with Crippen LogP contribution in [0.15, 0.2) is 12.7 Å². The predicted molar refractivity (Wildman–Crippen MR) is 53.1 cm³/mol. The first kappa shape index (κ1) is 12.5. The van der Waals surface area contributed by atoms with Crippen molar-refractivity contribution in [1.29, 1.82) is 0 Å². The number of carboxylic acids is 1. The quantitative estimate of drug-likeness (QED) is 0.641. The summed E-state index contributed by atoms with van der Waals surface area (Å²) in [5.41, 5.74) is 0. The van der Waals surface area contributed by atoms with Crippen LogP contribution in [0.2, 0.25) is 0 Å². The number of nitrogens with one attached hydrogen (secondary N) is 1. The molecule has 0 aromatic heterocycles. The molecule has 0 spiro atoms. The zero-order valence-corrected chi connectivity index (χ0v) is 8.49. The molecular weight excluding hydrogens is 184 g/mol. The Morgan fingerprint density at radius 3 is 2.50 bits per heavy atom. The number of hydrogen-bond acceptors (Lipinski definition) is 2. The Balaban J connectivity index is 4.14. The minimum absolute atomic E-state index is 0.0156. The van der Waals surface area contributed by atoms with E-state index in [4.69, 9.17) is 5.11 Å². The highest BCUT2D eigenvalue weighted by atomic mass is 16.4. The van der Waals surface area contributed by atoms with Crippen LogP contribution in [0.1, 0.15) is 13.8 Å². The SMILES string of the molecule is C=CCN(C(=O)NCC(=O)O)C(C)C. The van der Waals surface area contributed by atoms with Crippen LogP contribution in [-0.4, -0.2) is 41.1 Å². The molecule has 0 aliphatic heterocycles. The second-order valence-corrected chi connectivity index (χ2v) is 3.09. The third kappa shape index (κ3) is 4.49. The molecule has 0 radical (unpaired) electrons. The lowest BCUT2D eigenvalue weighted by atomic mass is 10.3. The molecule has 80 valence electrons. The summed E-state index contributed by atoms with van der Waals surface area (Å²) < 4.78 is 0. The van der Waals surface area contributed by atoms with Crippen molar-refractivity contribution in [2.24, 2.45) is 0 Å². The molecule has 0 saturated carbocycles. The number of carboxylic acid groups (broad SMARTS) is 1. The van der Waals surface area contributed by atoms with E-state index in [1.807, 2.05) is 13.8 Å². The topological polar surface area (TPSA) is 69.6 Å². The monoisotopic (exact) mass is 200 g/mol. The van der Waals surface area contributed by atoms with Crippen molar-refractivity contribution in [2.45, 2.75) is 19.9 Å². The lowest BCUT2D eigenvalue weighted by molar-refractivity contribution is -0.135. The standard InChI is InChI=1S/C9H16N2O3/c1-4-5-11(7(2)3)9(14)10-6-8(12)13/h4,7H,1,5-6H2,2-3H3,(H,10,14)(H,12,13). The van der Waals surface area contributed by atoms with Crippen LogP contribution in [-0.2, 0) is 4.79 Å². The highest BCUT2D eigenvalue weighted by molar-refractivity contribution is 5.80. The van der Waals surface area contributed by atoms with E-state index in [2.05, 4.69) is 11.9 Å². The average molecular weight is 200 g/mol. The van der Waals surface area contributed by atoms with Gasteiger partial charge in [-0.05, 0) is 13.8 Å². The van der Waals surface area contributed by atoms with Crippen LogP contribution >= 0.6 is 0 Å². The molecule has 5 nitrogen and oxygen atoms in total. The molecule has 2 N–H and O–H groups in total. The number of rotatable bonds is 5. The van der Waals surface area contributed by atoms with Gasteiger partial charge in [0.2, 0.25) is 0 Å². The van der Waals surface area contributed by atoms with E-state index < -0.39 is 5.97 Å². The Kier molecular flexibility index (Phi) is 5.36. The van der Waals surface area contributed by atoms with E-state index in [9.17, 15) is 9.59 Å². The molecule has 0 saturated heterocycles. The van der Waals surface area contributed by atoms with Gasteiger partial charge in [0.25, 0.3) is 0 Å². The Morgan fingerprint density at radius 1 is 1.57 bits per heavy atom. The Bertz CT molecular complexity index is 226. The molecule has 14 heavy (non-hydrogen) atoms. The smallest absolute Gasteiger partial charge is 0.323 e. The average Bonchev–Trinajstić information content (AvgIpc) is 2.09. The molecule has 0 aliphatic rings. The molecule has 0 atom stereocenters. The van der Waals surface area contributed by atoms with E-state index >= 15 is 0 Å². The van der Waals surface area contributed by atoms with Crippen molar-refractivity contribution in [3.63, 3.8) is 0 Å². The molecular formula is C9H16N2O3. The van der Waals surface area contributed by atoms with Crippen LogP contribution in [0.5, 0.6) is 0 Å². The molecule has 0 heterocycles. The maximum Gasteiger partial charge on any atom is 0.323 e. The van der Waals surface area contributed by atoms with E-state index in [0.29, 0.717) is 6.54 Å². The summed E-state index contributed by atoms with van der Waals surface area (Å²) in [6.45, 7) is 7.27. The summed E-state index contributed by atoms with van der Waals surface area (Å²) >= 11 is 0. The van der Waals surface area contributed by atoms with Crippen LogP contribution in [0, 0.1) is 0 Å². The largest absolute Gasteiger partial charge is 0.480 e. The van der Waals surface area contributed by atoms with Gasteiger partial charge in [0.05, 0.1) is 0 Å². The lowest BCUT2D eigenvalue weighted by Gasteiger charge is -2.25. The summed E-state index contributed by atoms with van der Waals surface area (Å²) in [4.78, 5) is 23.1. The van der Waals surface area contributed by atoms with Crippen molar-refractivity contribution in [3.05, 3.63) is 12.7 Å². The van der Waals surface area contributed by atoms with Gasteiger partial charge in [0.15, 0.2) is 0 Å². The first-order valence-corrected chi connectivity index (χ1v) is 4.36. The predicted octanol–water partition coefficient (Wildman–Crippen LogP) is 0.677. The van der Waals surface area contributed by atoms with Crippen LogP contribution < -0.4 is 5.32 Å². The maximum absolute atomic E-state index is 11.4. The molecule has 2 amide bonds. The lowest BCUT2D eigenvalue weighted by Crippen LogP contribution is -2.45. The number of nitrogens with zero attached hydrogens (tertiary/aromatic N) is 1. The van der Waals surface area contributed by atoms with Crippen LogP contribution in [0.25, 0.3) is 0 Å². The molecule has 5 heteroatoms. The Hall–Kier alpha value is -1.52. The van der Waals surface area contributed by atoms with Crippen molar-refractivity contribution in [1.82, 2.24) is 10.2 Å². The second-order valence-electron chi connectivity index (χ2n) is 3.09. The summed E-state index contributed by atoms with van der Waals surface area (Å²) in [6, 6.07) is -0.371. The Labute approximate surface area is 83.4 Å². The zero-order chi connectivity index (χ0) is 11.1. The van der Waals surface area contributed by atoms with Crippen molar-refractivity contribution >= 4 is 12.0 Å². The third-order valence-corrected chi connectivity index (χ3v) is 1.60. The molecule has 0 aliphatic carbocycles. The zero-order valence-electron chi connectivity index (χ0n) is 8.49. The summed E-state index contributed by atoms with van der Waals surface area (Å²) in [5.74, 6) is -1.05. The van der Waals surface area contributed by atoms with Gasteiger partial charge in [-0.3, -0.25) is 4.79 Å². The molecule has 0 bridgehead atoms. The molecule has 0 aromatic rings. The van der Waals surface area contributed by atoms with Gasteiger partial charge < -0.3 is 15.3 Å². The number of amides is 2.